The lowest BCUT2D eigenvalue weighted by Gasteiger charge is -2.13. The fourth-order valence-corrected chi connectivity index (χ4v) is 3.32. The van der Waals surface area contributed by atoms with Crippen LogP contribution >= 0.6 is 15.9 Å². The van der Waals surface area contributed by atoms with Crippen LogP contribution in [0, 0.1) is 0 Å². The number of carbonyl (C=O) groups excluding carboxylic acids is 1. The number of ether oxygens (including phenoxy) is 1. The molecule has 0 saturated carbocycles. The van der Waals surface area contributed by atoms with Gasteiger partial charge in [-0.1, -0.05) is 19.1 Å². The van der Waals surface area contributed by atoms with E-state index in [1.54, 1.807) is 12.1 Å². The first-order chi connectivity index (χ1) is 11.3. The zero-order chi connectivity index (χ0) is 17.9. The van der Waals surface area contributed by atoms with Crippen molar-refractivity contribution in [3.05, 3.63) is 58.1 Å². The molecule has 0 amide bonds. The molecule has 5 nitrogen and oxygen atoms in total. The van der Waals surface area contributed by atoms with Gasteiger partial charge < -0.3 is 4.74 Å². The normalized spacial score (nSPS) is 11.5. The average molecular weight is 412 g/mol. The fourth-order valence-electron chi connectivity index (χ4n) is 1.99. The number of esters is 1. The standard InChI is InChI=1S/C17H18BrNO4S/c1-4-12-5-7-13(8-6-12)23-17(20)15-11-14(9-10-16(15)18)24(21,22)19(2)3/h5-11H,4H2,1-3H3. The number of carbonyl (C=O) groups is 1. The zero-order valence-corrected chi connectivity index (χ0v) is 16.0. The van der Waals surface area contributed by atoms with Crippen LogP contribution in [-0.4, -0.2) is 32.8 Å². The molecule has 0 radical (unpaired) electrons. The van der Waals surface area contributed by atoms with Gasteiger partial charge in [-0.2, -0.15) is 0 Å². The topological polar surface area (TPSA) is 63.7 Å². The molecule has 0 heterocycles. The van der Waals surface area contributed by atoms with E-state index in [-0.39, 0.29) is 10.5 Å². The van der Waals surface area contributed by atoms with E-state index in [1.165, 1.54) is 32.3 Å². The maximum atomic E-state index is 12.4. The minimum Gasteiger partial charge on any atom is -0.423 e. The maximum Gasteiger partial charge on any atom is 0.344 e. The van der Waals surface area contributed by atoms with E-state index in [0.29, 0.717) is 10.2 Å². The summed E-state index contributed by atoms with van der Waals surface area (Å²) < 4.78 is 31.3. The number of aryl methyl sites for hydroxylation is 1. The van der Waals surface area contributed by atoms with Crippen LogP contribution in [0.3, 0.4) is 0 Å². The molecule has 0 aliphatic heterocycles. The third-order valence-corrected chi connectivity index (χ3v) is 5.98. The number of hydrogen-bond acceptors (Lipinski definition) is 4. The SMILES string of the molecule is CCc1ccc(OC(=O)c2cc(S(=O)(=O)N(C)C)ccc2Br)cc1. The summed E-state index contributed by atoms with van der Waals surface area (Å²) in [4.78, 5) is 12.4. The molecule has 0 fully saturated rings. The van der Waals surface area contributed by atoms with Crippen molar-refractivity contribution in [3.63, 3.8) is 0 Å². The second-order valence-corrected chi connectivity index (χ2v) is 8.32. The Morgan fingerprint density at radius 1 is 1.12 bits per heavy atom. The van der Waals surface area contributed by atoms with Crippen LogP contribution in [0.4, 0.5) is 0 Å². The van der Waals surface area contributed by atoms with Gasteiger partial charge in [0.25, 0.3) is 0 Å². The van der Waals surface area contributed by atoms with Crippen LogP contribution in [0.5, 0.6) is 5.75 Å². The number of halogens is 1. The van der Waals surface area contributed by atoms with E-state index in [0.717, 1.165) is 16.3 Å². The molecule has 0 unspecified atom stereocenters. The van der Waals surface area contributed by atoms with Crippen molar-refractivity contribution in [2.75, 3.05) is 14.1 Å². The molecule has 0 bridgehead atoms. The highest BCUT2D eigenvalue weighted by Crippen LogP contribution is 2.24. The molecular weight excluding hydrogens is 394 g/mol. The molecule has 0 saturated heterocycles. The van der Waals surface area contributed by atoms with Crippen LogP contribution in [0.25, 0.3) is 0 Å². The average Bonchev–Trinajstić information content (AvgIpc) is 2.55. The number of hydrogen-bond donors (Lipinski definition) is 0. The third kappa shape index (κ3) is 4.03. The van der Waals surface area contributed by atoms with Gasteiger partial charge in [0.1, 0.15) is 5.75 Å². The molecule has 0 atom stereocenters. The van der Waals surface area contributed by atoms with Gasteiger partial charge in [0.2, 0.25) is 10.0 Å². The Bertz CT molecular complexity index is 845. The van der Waals surface area contributed by atoms with E-state index in [1.807, 2.05) is 19.1 Å². The Morgan fingerprint density at radius 2 is 1.75 bits per heavy atom. The molecule has 0 aliphatic carbocycles. The second-order valence-electron chi connectivity index (χ2n) is 5.32. The highest BCUT2D eigenvalue weighted by molar-refractivity contribution is 9.10. The van der Waals surface area contributed by atoms with E-state index in [2.05, 4.69) is 15.9 Å². The highest BCUT2D eigenvalue weighted by Gasteiger charge is 2.21. The molecule has 2 aromatic carbocycles. The summed E-state index contributed by atoms with van der Waals surface area (Å²) in [5, 5.41) is 0. The molecule has 0 spiro atoms. The summed E-state index contributed by atoms with van der Waals surface area (Å²) in [5.74, 6) is -0.216. The van der Waals surface area contributed by atoms with Crippen LogP contribution in [-0.2, 0) is 16.4 Å². The number of benzene rings is 2. The highest BCUT2D eigenvalue weighted by atomic mass is 79.9. The monoisotopic (exact) mass is 411 g/mol. The summed E-state index contributed by atoms with van der Waals surface area (Å²) in [6.45, 7) is 2.04. The van der Waals surface area contributed by atoms with Crippen LogP contribution < -0.4 is 4.74 Å². The van der Waals surface area contributed by atoms with Gasteiger partial charge in [0, 0.05) is 18.6 Å². The lowest BCUT2D eigenvalue weighted by molar-refractivity contribution is 0.0733. The number of rotatable bonds is 5. The summed E-state index contributed by atoms with van der Waals surface area (Å²) >= 11 is 3.26. The number of sulfonamides is 1. The van der Waals surface area contributed by atoms with Crippen molar-refractivity contribution in [2.45, 2.75) is 18.2 Å². The van der Waals surface area contributed by atoms with Crippen molar-refractivity contribution in [1.82, 2.24) is 4.31 Å². The lowest BCUT2D eigenvalue weighted by atomic mass is 10.2. The quantitative estimate of drug-likeness (QED) is 0.557. The van der Waals surface area contributed by atoms with Crippen molar-refractivity contribution < 1.29 is 17.9 Å². The minimum absolute atomic E-state index is 0.0315. The first-order valence-electron chi connectivity index (χ1n) is 7.29. The summed E-state index contributed by atoms with van der Waals surface area (Å²) in [6, 6.07) is 11.5. The molecule has 24 heavy (non-hydrogen) atoms. The Balaban J connectivity index is 2.31. The van der Waals surface area contributed by atoms with Crippen LogP contribution in [0.2, 0.25) is 0 Å². The van der Waals surface area contributed by atoms with Gasteiger partial charge in [0.05, 0.1) is 10.5 Å². The van der Waals surface area contributed by atoms with Gasteiger partial charge >= 0.3 is 5.97 Å². The van der Waals surface area contributed by atoms with Gasteiger partial charge in [-0.25, -0.2) is 17.5 Å². The lowest BCUT2D eigenvalue weighted by Crippen LogP contribution is -2.22. The van der Waals surface area contributed by atoms with Gasteiger partial charge in [0.15, 0.2) is 0 Å². The molecule has 2 aromatic rings. The molecule has 2 rings (SSSR count). The Hall–Kier alpha value is -1.70. The molecule has 7 heteroatoms. The predicted molar refractivity (Wildman–Crippen MR) is 95.8 cm³/mol. The number of nitrogens with zero attached hydrogens (tertiary/aromatic N) is 1. The van der Waals surface area contributed by atoms with E-state index < -0.39 is 16.0 Å². The molecule has 0 aliphatic rings. The summed E-state index contributed by atoms with van der Waals surface area (Å²) in [5.41, 5.74) is 1.28. The predicted octanol–water partition coefficient (Wildman–Crippen LogP) is 3.48. The van der Waals surface area contributed by atoms with E-state index >= 15 is 0 Å². The smallest absolute Gasteiger partial charge is 0.344 e. The summed E-state index contributed by atoms with van der Waals surface area (Å²) in [7, 11) is -0.756. The fraction of sp³-hybridized carbons (Fsp3) is 0.235. The largest absolute Gasteiger partial charge is 0.423 e. The van der Waals surface area contributed by atoms with Gasteiger partial charge in [-0.3, -0.25) is 0 Å². The van der Waals surface area contributed by atoms with E-state index in [9.17, 15) is 13.2 Å². The Kier molecular flexibility index (Phi) is 5.79. The Labute approximate surface area is 150 Å². The van der Waals surface area contributed by atoms with Gasteiger partial charge in [-0.15, -0.1) is 0 Å². The molecule has 0 aromatic heterocycles. The van der Waals surface area contributed by atoms with E-state index in [4.69, 9.17) is 4.74 Å². The molecule has 128 valence electrons. The minimum atomic E-state index is -3.63. The molecule has 0 N–H and O–H groups in total. The first kappa shape index (κ1) is 18.6. The third-order valence-electron chi connectivity index (χ3n) is 3.48. The first-order valence-corrected chi connectivity index (χ1v) is 9.52. The van der Waals surface area contributed by atoms with Gasteiger partial charge in [-0.05, 0) is 58.2 Å². The van der Waals surface area contributed by atoms with Crippen LogP contribution in [0.15, 0.2) is 51.8 Å². The van der Waals surface area contributed by atoms with Crippen molar-refractivity contribution >= 4 is 31.9 Å². The van der Waals surface area contributed by atoms with Crippen molar-refractivity contribution in [2.24, 2.45) is 0 Å². The summed E-state index contributed by atoms with van der Waals surface area (Å²) in [6.07, 6.45) is 0.893. The second kappa shape index (κ2) is 7.46. The zero-order valence-electron chi connectivity index (χ0n) is 13.6. The van der Waals surface area contributed by atoms with Crippen molar-refractivity contribution in [3.8, 4) is 5.75 Å². The molecular formula is C17H18BrNO4S. The van der Waals surface area contributed by atoms with Crippen LogP contribution in [0.1, 0.15) is 22.8 Å². The maximum absolute atomic E-state index is 12.4. The Morgan fingerprint density at radius 3 is 2.29 bits per heavy atom. The van der Waals surface area contributed by atoms with Crippen molar-refractivity contribution in [1.29, 1.82) is 0 Å².